The minimum Gasteiger partial charge on any atom is -0.383 e. The molecule has 0 amide bonds. The van der Waals surface area contributed by atoms with Crippen LogP contribution in [0.1, 0.15) is 31.2 Å². The molecule has 0 saturated heterocycles. The van der Waals surface area contributed by atoms with Gasteiger partial charge in [-0.15, -0.1) is 0 Å². The number of benzene rings is 1. The van der Waals surface area contributed by atoms with Gasteiger partial charge in [-0.25, -0.2) is 4.39 Å². The second kappa shape index (κ2) is 8.86. The predicted octanol–water partition coefficient (Wildman–Crippen LogP) is 4.17. The number of rotatable bonds is 8. The maximum absolute atomic E-state index is 14.0. The summed E-state index contributed by atoms with van der Waals surface area (Å²) in [6.07, 6.45) is 6.02. The van der Waals surface area contributed by atoms with E-state index in [2.05, 4.69) is 21.2 Å². The first-order chi connectivity index (χ1) is 10.2. The van der Waals surface area contributed by atoms with Crippen molar-refractivity contribution in [2.75, 3.05) is 26.8 Å². The molecule has 1 aliphatic carbocycles. The SMILES string of the molecule is COCCNCC(Cc1cc(Br)ccc1F)C1CCCC1. The summed E-state index contributed by atoms with van der Waals surface area (Å²) in [7, 11) is 1.72. The van der Waals surface area contributed by atoms with Crippen molar-refractivity contribution in [2.45, 2.75) is 32.1 Å². The Morgan fingerprint density at radius 1 is 1.38 bits per heavy atom. The van der Waals surface area contributed by atoms with Crippen LogP contribution < -0.4 is 5.32 Å². The molecule has 118 valence electrons. The minimum absolute atomic E-state index is 0.0851. The lowest BCUT2D eigenvalue weighted by Crippen LogP contribution is -2.31. The highest BCUT2D eigenvalue weighted by Gasteiger charge is 2.25. The van der Waals surface area contributed by atoms with E-state index in [4.69, 9.17) is 4.74 Å². The lowest BCUT2D eigenvalue weighted by atomic mass is 9.85. The number of hydrogen-bond acceptors (Lipinski definition) is 2. The Balaban J connectivity index is 1.98. The molecule has 4 heteroatoms. The lowest BCUT2D eigenvalue weighted by molar-refractivity contribution is 0.195. The second-order valence-corrected chi connectivity index (χ2v) is 6.86. The van der Waals surface area contributed by atoms with E-state index in [0.717, 1.165) is 42.1 Å². The van der Waals surface area contributed by atoms with Gasteiger partial charge in [0, 0.05) is 18.1 Å². The van der Waals surface area contributed by atoms with E-state index in [1.165, 1.54) is 25.7 Å². The molecule has 1 saturated carbocycles. The Morgan fingerprint density at radius 2 is 2.14 bits per heavy atom. The molecule has 21 heavy (non-hydrogen) atoms. The molecular weight excluding hydrogens is 333 g/mol. The highest BCUT2D eigenvalue weighted by Crippen LogP contribution is 2.33. The average molecular weight is 358 g/mol. The second-order valence-electron chi connectivity index (χ2n) is 5.94. The summed E-state index contributed by atoms with van der Waals surface area (Å²) in [6.45, 7) is 2.53. The molecule has 1 N–H and O–H groups in total. The van der Waals surface area contributed by atoms with Crippen LogP contribution in [-0.2, 0) is 11.2 Å². The summed E-state index contributed by atoms with van der Waals surface area (Å²) in [6, 6.07) is 5.25. The normalized spacial score (nSPS) is 17.3. The van der Waals surface area contributed by atoms with Crippen molar-refractivity contribution < 1.29 is 9.13 Å². The molecule has 1 atom stereocenters. The van der Waals surface area contributed by atoms with Crippen molar-refractivity contribution in [3.8, 4) is 0 Å². The van der Waals surface area contributed by atoms with E-state index in [9.17, 15) is 4.39 Å². The third-order valence-electron chi connectivity index (χ3n) is 4.45. The molecule has 1 unspecified atom stereocenters. The van der Waals surface area contributed by atoms with Gasteiger partial charge in [-0.05, 0) is 48.6 Å². The minimum atomic E-state index is -0.0851. The van der Waals surface area contributed by atoms with Gasteiger partial charge in [-0.1, -0.05) is 41.6 Å². The van der Waals surface area contributed by atoms with Gasteiger partial charge in [0.2, 0.25) is 0 Å². The molecule has 0 aliphatic heterocycles. The largest absolute Gasteiger partial charge is 0.383 e. The fourth-order valence-corrected chi connectivity index (χ4v) is 3.69. The highest BCUT2D eigenvalue weighted by atomic mass is 79.9. The first kappa shape index (κ1) is 16.9. The smallest absolute Gasteiger partial charge is 0.126 e. The van der Waals surface area contributed by atoms with Gasteiger partial charge < -0.3 is 10.1 Å². The summed E-state index contributed by atoms with van der Waals surface area (Å²) in [5.74, 6) is 1.14. The molecule has 0 bridgehead atoms. The van der Waals surface area contributed by atoms with Crippen LogP contribution in [0, 0.1) is 17.7 Å². The Bertz CT molecular complexity index is 435. The zero-order valence-electron chi connectivity index (χ0n) is 12.7. The van der Waals surface area contributed by atoms with Crippen molar-refractivity contribution in [3.05, 3.63) is 34.1 Å². The van der Waals surface area contributed by atoms with Gasteiger partial charge in [0.15, 0.2) is 0 Å². The predicted molar refractivity (Wildman–Crippen MR) is 88.0 cm³/mol. The van der Waals surface area contributed by atoms with Crippen LogP contribution in [0.5, 0.6) is 0 Å². The fraction of sp³-hybridized carbons (Fsp3) is 0.647. The highest BCUT2D eigenvalue weighted by molar-refractivity contribution is 9.10. The molecule has 1 aromatic rings. The molecular formula is C17H25BrFNO. The van der Waals surface area contributed by atoms with E-state index in [1.807, 2.05) is 6.07 Å². The maximum Gasteiger partial charge on any atom is 0.126 e. The third kappa shape index (κ3) is 5.35. The summed E-state index contributed by atoms with van der Waals surface area (Å²) in [5.41, 5.74) is 0.829. The van der Waals surface area contributed by atoms with Gasteiger partial charge in [-0.3, -0.25) is 0 Å². The van der Waals surface area contributed by atoms with Crippen molar-refractivity contribution in [2.24, 2.45) is 11.8 Å². The molecule has 0 radical (unpaired) electrons. The molecule has 2 nitrogen and oxygen atoms in total. The fourth-order valence-electron chi connectivity index (χ4n) is 3.28. The van der Waals surface area contributed by atoms with Gasteiger partial charge in [-0.2, -0.15) is 0 Å². The number of hydrogen-bond donors (Lipinski definition) is 1. The molecule has 2 rings (SSSR count). The molecule has 1 fully saturated rings. The van der Waals surface area contributed by atoms with E-state index >= 15 is 0 Å². The zero-order chi connectivity index (χ0) is 15.1. The van der Waals surface area contributed by atoms with Crippen LogP contribution in [0.25, 0.3) is 0 Å². The van der Waals surface area contributed by atoms with Crippen molar-refractivity contribution >= 4 is 15.9 Å². The Morgan fingerprint density at radius 3 is 2.86 bits per heavy atom. The monoisotopic (exact) mass is 357 g/mol. The van der Waals surface area contributed by atoms with Crippen LogP contribution in [0.15, 0.2) is 22.7 Å². The topological polar surface area (TPSA) is 21.3 Å². The summed E-state index contributed by atoms with van der Waals surface area (Å²) in [4.78, 5) is 0. The van der Waals surface area contributed by atoms with Crippen molar-refractivity contribution in [1.82, 2.24) is 5.32 Å². The molecule has 1 aromatic carbocycles. The summed E-state index contributed by atoms with van der Waals surface area (Å²) >= 11 is 3.44. The third-order valence-corrected chi connectivity index (χ3v) is 4.94. The number of halogens is 2. The van der Waals surface area contributed by atoms with Crippen LogP contribution >= 0.6 is 15.9 Å². The molecule has 0 spiro atoms. The molecule has 0 heterocycles. The van der Waals surface area contributed by atoms with E-state index in [1.54, 1.807) is 19.2 Å². The number of methoxy groups -OCH3 is 1. The van der Waals surface area contributed by atoms with Crippen molar-refractivity contribution in [3.63, 3.8) is 0 Å². The van der Waals surface area contributed by atoms with Crippen LogP contribution in [0.4, 0.5) is 4.39 Å². The average Bonchev–Trinajstić information content (AvgIpc) is 3.00. The quantitative estimate of drug-likeness (QED) is 0.704. The van der Waals surface area contributed by atoms with Crippen molar-refractivity contribution in [1.29, 1.82) is 0 Å². The molecule has 1 aliphatic rings. The number of nitrogens with one attached hydrogen (secondary N) is 1. The summed E-state index contributed by atoms with van der Waals surface area (Å²) in [5, 5.41) is 3.46. The van der Waals surface area contributed by atoms with E-state index < -0.39 is 0 Å². The van der Waals surface area contributed by atoms with Gasteiger partial charge in [0.1, 0.15) is 5.82 Å². The Kier molecular flexibility index (Phi) is 7.14. The van der Waals surface area contributed by atoms with E-state index in [0.29, 0.717) is 5.92 Å². The first-order valence-corrected chi connectivity index (χ1v) is 8.63. The number of ether oxygens (including phenoxy) is 1. The Hall–Kier alpha value is -0.450. The first-order valence-electron chi connectivity index (χ1n) is 7.84. The lowest BCUT2D eigenvalue weighted by Gasteiger charge is -2.24. The van der Waals surface area contributed by atoms with Gasteiger partial charge in [0.05, 0.1) is 6.61 Å². The van der Waals surface area contributed by atoms with Gasteiger partial charge >= 0.3 is 0 Å². The van der Waals surface area contributed by atoms with Gasteiger partial charge in [0.25, 0.3) is 0 Å². The standard InChI is InChI=1S/C17H25BrFNO/c1-21-9-8-20-12-15(13-4-2-3-5-13)10-14-11-16(18)6-7-17(14)19/h6-7,11,13,15,20H,2-5,8-10,12H2,1H3. The van der Waals surface area contributed by atoms with Crippen LogP contribution in [0.3, 0.4) is 0 Å². The van der Waals surface area contributed by atoms with Crippen LogP contribution in [-0.4, -0.2) is 26.8 Å². The zero-order valence-corrected chi connectivity index (χ0v) is 14.3. The maximum atomic E-state index is 14.0. The molecule has 0 aromatic heterocycles. The summed E-state index contributed by atoms with van der Waals surface area (Å²) < 4.78 is 20.0. The van der Waals surface area contributed by atoms with E-state index in [-0.39, 0.29) is 5.82 Å². The van der Waals surface area contributed by atoms with Crippen LogP contribution in [0.2, 0.25) is 0 Å². The Labute approximate surface area is 135 Å².